The second-order valence-corrected chi connectivity index (χ2v) is 8.16. The Balaban J connectivity index is 1.53. The first kappa shape index (κ1) is 18.1. The average molecular weight is 429 g/mol. The van der Waals surface area contributed by atoms with E-state index >= 15 is 0 Å². The molecule has 0 radical (unpaired) electrons. The molecule has 0 saturated carbocycles. The normalized spacial score (nSPS) is 17.6. The number of hydrogen-bond donors (Lipinski definition) is 0. The third-order valence-electron chi connectivity index (χ3n) is 6.35. The number of hydrogen-bond acceptors (Lipinski definition) is 5. The van der Waals surface area contributed by atoms with Gasteiger partial charge in [-0.25, -0.2) is 9.36 Å². The van der Waals surface area contributed by atoms with Crippen LogP contribution in [0.25, 0.3) is 22.1 Å². The Morgan fingerprint density at radius 3 is 1.48 bits per heavy atom. The van der Waals surface area contributed by atoms with Crippen molar-refractivity contribution in [1.82, 2.24) is 30.0 Å². The molecule has 4 aromatic carbocycles. The second kappa shape index (κ2) is 7.00. The van der Waals surface area contributed by atoms with Gasteiger partial charge in [0.25, 0.3) is 0 Å². The van der Waals surface area contributed by atoms with Crippen molar-refractivity contribution in [3.63, 3.8) is 0 Å². The molecular weight excluding hydrogens is 410 g/mol. The Morgan fingerprint density at radius 1 is 0.485 bits per heavy atom. The zero-order valence-electron chi connectivity index (χ0n) is 17.6. The second-order valence-electron chi connectivity index (χ2n) is 8.16. The van der Waals surface area contributed by atoms with E-state index in [1.807, 2.05) is 51.8 Å². The maximum Gasteiger partial charge on any atom is 0.153 e. The molecule has 0 saturated heterocycles. The first-order valence-corrected chi connectivity index (χ1v) is 10.9. The molecule has 0 bridgehead atoms. The summed E-state index contributed by atoms with van der Waals surface area (Å²) in [6.07, 6.45) is -0.382. The van der Waals surface area contributed by atoms with E-state index in [2.05, 4.69) is 86.2 Å². The zero-order valence-corrected chi connectivity index (χ0v) is 17.6. The molecule has 0 fully saturated rings. The summed E-state index contributed by atoms with van der Waals surface area (Å²) in [5.74, 6) is 0. The largest absolute Gasteiger partial charge is 0.319 e. The van der Waals surface area contributed by atoms with Crippen LogP contribution in [0.1, 0.15) is 23.5 Å². The summed E-state index contributed by atoms with van der Waals surface area (Å²) in [5.41, 5.74) is 7.13. The van der Waals surface area contributed by atoms with Crippen molar-refractivity contribution in [2.24, 2.45) is 0 Å². The van der Waals surface area contributed by atoms with E-state index in [9.17, 15) is 0 Å². The monoisotopic (exact) mass is 429 g/mol. The van der Waals surface area contributed by atoms with Crippen LogP contribution >= 0.6 is 0 Å². The SMILES string of the molecule is c1ccc(N2C(n3nnc4ccccc43)c3ccccc3C2n2nnc3ccccc32)cc1. The van der Waals surface area contributed by atoms with E-state index in [0.717, 1.165) is 27.8 Å². The maximum atomic E-state index is 4.61. The highest BCUT2D eigenvalue weighted by Crippen LogP contribution is 2.47. The molecule has 7 rings (SSSR count). The van der Waals surface area contributed by atoms with Crippen LogP contribution in [0.2, 0.25) is 0 Å². The first-order chi connectivity index (χ1) is 16.4. The highest BCUT2D eigenvalue weighted by molar-refractivity contribution is 5.76. The molecule has 2 aromatic heterocycles. The molecule has 0 amide bonds. The topological polar surface area (TPSA) is 64.7 Å². The fourth-order valence-electron chi connectivity index (χ4n) is 4.93. The van der Waals surface area contributed by atoms with Crippen LogP contribution in [0, 0.1) is 0 Å². The van der Waals surface area contributed by atoms with Crippen molar-refractivity contribution < 1.29 is 0 Å². The van der Waals surface area contributed by atoms with Crippen LogP contribution in [0.15, 0.2) is 103 Å². The number of aromatic nitrogens is 6. The van der Waals surface area contributed by atoms with Crippen LogP contribution < -0.4 is 4.90 Å². The van der Waals surface area contributed by atoms with Gasteiger partial charge in [0.15, 0.2) is 12.3 Å². The molecule has 2 atom stereocenters. The maximum absolute atomic E-state index is 4.61. The van der Waals surface area contributed by atoms with E-state index in [4.69, 9.17) is 0 Å². The predicted octanol–water partition coefficient (Wildman–Crippen LogP) is 4.79. The molecule has 33 heavy (non-hydrogen) atoms. The van der Waals surface area contributed by atoms with E-state index < -0.39 is 0 Å². The number of para-hydroxylation sites is 3. The number of rotatable bonds is 3. The van der Waals surface area contributed by atoms with Crippen LogP contribution in [0.5, 0.6) is 0 Å². The third kappa shape index (κ3) is 2.62. The third-order valence-corrected chi connectivity index (χ3v) is 6.35. The van der Waals surface area contributed by atoms with E-state index in [1.54, 1.807) is 0 Å². The van der Waals surface area contributed by atoms with Crippen molar-refractivity contribution in [2.75, 3.05) is 4.90 Å². The van der Waals surface area contributed by atoms with Gasteiger partial charge in [-0.15, -0.1) is 10.2 Å². The molecule has 6 aromatic rings. The number of benzene rings is 4. The van der Waals surface area contributed by atoms with Gasteiger partial charge in [-0.05, 0) is 36.4 Å². The summed E-state index contributed by atoms with van der Waals surface area (Å²) in [4.78, 5) is 2.35. The molecule has 0 spiro atoms. The molecule has 0 N–H and O–H groups in total. The van der Waals surface area contributed by atoms with Crippen LogP contribution in [-0.4, -0.2) is 30.0 Å². The highest BCUT2D eigenvalue weighted by Gasteiger charge is 2.42. The molecule has 0 aliphatic carbocycles. The van der Waals surface area contributed by atoms with Gasteiger partial charge in [-0.1, -0.05) is 77.2 Å². The van der Waals surface area contributed by atoms with Crippen LogP contribution in [0.3, 0.4) is 0 Å². The Morgan fingerprint density at radius 2 is 0.939 bits per heavy atom. The first-order valence-electron chi connectivity index (χ1n) is 10.9. The minimum absolute atomic E-state index is 0.191. The van der Waals surface area contributed by atoms with Crippen molar-refractivity contribution in [3.8, 4) is 0 Å². The summed E-state index contributed by atoms with van der Waals surface area (Å²) >= 11 is 0. The van der Waals surface area contributed by atoms with Gasteiger partial charge in [0.05, 0.1) is 11.0 Å². The molecule has 2 unspecified atom stereocenters. The predicted molar refractivity (Wildman–Crippen MR) is 127 cm³/mol. The lowest BCUT2D eigenvalue weighted by molar-refractivity contribution is 0.436. The van der Waals surface area contributed by atoms with Gasteiger partial charge in [-0.2, -0.15) is 0 Å². The lowest BCUT2D eigenvalue weighted by atomic mass is 10.1. The van der Waals surface area contributed by atoms with Crippen LogP contribution in [0.4, 0.5) is 5.69 Å². The van der Waals surface area contributed by atoms with E-state index in [1.165, 1.54) is 11.1 Å². The average Bonchev–Trinajstić information content (AvgIpc) is 3.58. The van der Waals surface area contributed by atoms with Gasteiger partial charge in [0, 0.05) is 16.8 Å². The highest BCUT2D eigenvalue weighted by atomic mass is 15.6. The fourth-order valence-corrected chi connectivity index (χ4v) is 4.93. The Hall–Kier alpha value is -4.52. The lowest BCUT2D eigenvalue weighted by Crippen LogP contribution is -2.35. The molecule has 1 aliphatic heterocycles. The van der Waals surface area contributed by atoms with Gasteiger partial charge < -0.3 is 4.90 Å². The summed E-state index contributed by atoms with van der Waals surface area (Å²) < 4.78 is 4.03. The van der Waals surface area contributed by atoms with Gasteiger partial charge in [0.2, 0.25) is 0 Å². The standard InChI is InChI=1S/C26H19N7/c1-2-10-18(11-3-1)31-25(32-23-16-8-6-14-21(23)27-29-32)19-12-4-5-13-20(19)26(31)33-24-17-9-7-15-22(24)28-30-33/h1-17,25-26H. The Labute approximate surface area is 189 Å². The quantitative estimate of drug-likeness (QED) is 0.405. The molecule has 7 heteroatoms. The minimum Gasteiger partial charge on any atom is -0.319 e. The van der Waals surface area contributed by atoms with Crippen LogP contribution in [-0.2, 0) is 0 Å². The Bertz CT molecular complexity index is 1500. The molecule has 7 nitrogen and oxygen atoms in total. The van der Waals surface area contributed by atoms with Crippen molar-refractivity contribution in [1.29, 1.82) is 0 Å². The van der Waals surface area contributed by atoms with E-state index in [-0.39, 0.29) is 12.3 Å². The van der Waals surface area contributed by atoms with Gasteiger partial charge in [0.1, 0.15) is 11.0 Å². The number of anilines is 1. The summed E-state index contributed by atoms with van der Waals surface area (Å²) in [6, 6.07) is 35.1. The smallest absolute Gasteiger partial charge is 0.153 e. The van der Waals surface area contributed by atoms with Crippen molar-refractivity contribution in [3.05, 3.63) is 114 Å². The summed E-state index contributed by atoms with van der Waals surface area (Å²) in [5, 5.41) is 18.1. The Kier molecular flexibility index (Phi) is 3.84. The molecule has 3 heterocycles. The molecule has 1 aliphatic rings. The molecular formula is C26H19N7. The molecule has 158 valence electrons. The van der Waals surface area contributed by atoms with Crippen molar-refractivity contribution >= 4 is 27.8 Å². The number of fused-ring (bicyclic) bond motifs is 3. The van der Waals surface area contributed by atoms with E-state index in [0.29, 0.717) is 0 Å². The zero-order chi connectivity index (χ0) is 21.8. The minimum atomic E-state index is -0.191. The van der Waals surface area contributed by atoms with Crippen molar-refractivity contribution in [2.45, 2.75) is 12.3 Å². The summed E-state index contributed by atoms with van der Waals surface area (Å²) in [7, 11) is 0. The number of nitrogens with zero attached hydrogens (tertiary/aromatic N) is 7. The fraction of sp³-hybridized carbons (Fsp3) is 0.0769. The van der Waals surface area contributed by atoms with Gasteiger partial charge >= 0.3 is 0 Å². The summed E-state index contributed by atoms with van der Waals surface area (Å²) in [6.45, 7) is 0. The lowest BCUT2D eigenvalue weighted by Gasteiger charge is -2.33. The van der Waals surface area contributed by atoms with Gasteiger partial charge in [-0.3, -0.25) is 0 Å².